The molecule has 4 N–H and O–H groups in total. The van der Waals surface area contributed by atoms with Gasteiger partial charge < -0.3 is 20.9 Å². The zero-order valence-corrected chi connectivity index (χ0v) is 12.5. The van der Waals surface area contributed by atoms with Crippen LogP contribution in [0, 0.1) is 0 Å². The van der Waals surface area contributed by atoms with Crippen molar-refractivity contribution in [2.45, 2.75) is 63.6 Å². The smallest absolute Gasteiger partial charge is 0.322 e. The van der Waals surface area contributed by atoms with E-state index in [9.17, 15) is 4.79 Å². The number of aliphatic imine (C=N–C) groups is 1. The van der Waals surface area contributed by atoms with Gasteiger partial charge in [0.1, 0.15) is 6.04 Å². The first-order chi connectivity index (χ1) is 9.56. The highest BCUT2D eigenvalue weighted by Gasteiger charge is 2.23. The summed E-state index contributed by atoms with van der Waals surface area (Å²) >= 11 is 0. The van der Waals surface area contributed by atoms with Crippen molar-refractivity contribution in [1.82, 2.24) is 0 Å². The predicted octanol–water partition coefficient (Wildman–Crippen LogP) is 0.972. The lowest BCUT2D eigenvalue weighted by Gasteiger charge is -2.22. The second-order valence-corrected chi connectivity index (χ2v) is 5.21. The normalized spacial score (nSPS) is 22.6. The van der Waals surface area contributed by atoms with Crippen molar-refractivity contribution < 1.29 is 14.3 Å². The largest absolute Gasteiger partial charge is 0.465 e. The molecule has 0 fully saturated rings. The van der Waals surface area contributed by atoms with Crippen LogP contribution in [0.3, 0.4) is 0 Å². The predicted molar refractivity (Wildman–Crippen MR) is 78.5 cm³/mol. The Morgan fingerprint density at radius 3 is 2.90 bits per heavy atom. The molecule has 0 aromatic rings. The van der Waals surface area contributed by atoms with Gasteiger partial charge in [-0.2, -0.15) is 0 Å². The number of hydrogen-bond donors (Lipinski definition) is 2. The first-order valence-corrected chi connectivity index (χ1v) is 7.34. The molecular formula is C14H27N3O3. The van der Waals surface area contributed by atoms with Crippen molar-refractivity contribution in [2.24, 2.45) is 16.5 Å². The van der Waals surface area contributed by atoms with Crippen molar-refractivity contribution >= 4 is 11.8 Å². The van der Waals surface area contributed by atoms with Crippen LogP contribution in [0.15, 0.2) is 4.99 Å². The highest BCUT2D eigenvalue weighted by atomic mass is 16.5. The number of rotatable bonds is 7. The summed E-state index contributed by atoms with van der Waals surface area (Å²) in [4.78, 5) is 16.1. The third kappa shape index (κ3) is 5.88. The van der Waals surface area contributed by atoms with Crippen LogP contribution in [0.25, 0.3) is 0 Å². The topological polar surface area (TPSA) is 99.9 Å². The van der Waals surface area contributed by atoms with Crippen molar-refractivity contribution in [2.75, 3.05) is 13.7 Å². The van der Waals surface area contributed by atoms with E-state index in [0.29, 0.717) is 13.0 Å². The maximum Gasteiger partial charge on any atom is 0.322 e. The maximum atomic E-state index is 11.5. The molecule has 0 radical (unpaired) electrons. The van der Waals surface area contributed by atoms with Crippen molar-refractivity contribution in [3.8, 4) is 0 Å². The summed E-state index contributed by atoms with van der Waals surface area (Å²) in [6, 6.07) is -0.483. The molecule has 3 atom stereocenters. The van der Waals surface area contributed by atoms with Crippen LogP contribution in [0.2, 0.25) is 0 Å². The number of hydrogen-bond acceptors (Lipinski definition) is 6. The maximum absolute atomic E-state index is 11.5. The molecular weight excluding hydrogens is 258 g/mol. The standard InChI is InChI=1S/C14H27N3O3/c1-3-20-14(18)12(15)9-11(19-2)8-10-6-4-5-7-13(16)17-10/h10-12H,3-9,15H2,1-2H3,(H2,16,17). The Kier molecular flexibility index (Phi) is 7.54. The van der Waals surface area contributed by atoms with Crippen LogP contribution in [0.4, 0.5) is 0 Å². The number of carbonyl (C=O) groups is 1. The Labute approximate surface area is 120 Å². The van der Waals surface area contributed by atoms with Gasteiger partial charge in [0.05, 0.1) is 24.6 Å². The first-order valence-electron chi connectivity index (χ1n) is 7.34. The number of carbonyl (C=O) groups excluding carboxylic acids is 1. The van der Waals surface area contributed by atoms with Crippen LogP contribution in [0.1, 0.15) is 45.4 Å². The molecule has 0 saturated heterocycles. The molecule has 20 heavy (non-hydrogen) atoms. The molecule has 0 amide bonds. The summed E-state index contributed by atoms with van der Waals surface area (Å²) < 4.78 is 10.3. The van der Waals surface area contributed by atoms with Gasteiger partial charge in [-0.3, -0.25) is 9.79 Å². The van der Waals surface area contributed by atoms with Gasteiger partial charge in [-0.25, -0.2) is 0 Å². The molecule has 0 aromatic heterocycles. The Bertz CT molecular complexity index is 334. The van der Waals surface area contributed by atoms with E-state index in [1.165, 1.54) is 0 Å². The van der Waals surface area contributed by atoms with Gasteiger partial charge in [0.25, 0.3) is 0 Å². The van der Waals surface area contributed by atoms with E-state index in [2.05, 4.69) is 4.99 Å². The molecule has 1 aliphatic rings. The first kappa shape index (κ1) is 16.9. The second-order valence-electron chi connectivity index (χ2n) is 5.21. The average molecular weight is 285 g/mol. The molecule has 0 spiro atoms. The lowest BCUT2D eigenvalue weighted by molar-refractivity contribution is -0.145. The van der Waals surface area contributed by atoms with Gasteiger partial charge in [-0.05, 0) is 32.6 Å². The SMILES string of the molecule is CCOC(=O)C(N)CC(CC1CCCCC(N)=N1)OC. The van der Waals surface area contributed by atoms with E-state index >= 15 is 0 Å². The van der Waals surface area contributed by atoms with Crippen LogP contribution in [-0.4, -0.2) is 43.7 Å². The Morgan fingerprint density at radius 1 is 1.50 bits per heavy atom. The number of nitrogens with zero attached hydrogens (tertiary/aromatic N) is 1. The quantitative estimate of drug-likeness (QED) is 0.679. The molecule has 6 nitrogen and oxygen atoms in total. The minimum atomic E-state index is -0.646. The van der Waals surface area contributed by atoms with E-state index in [1.54, 1.807) is 14.0 Å². The number of nitrogens with two attached hydrogens (primary N) is 2. The second kappa shape index (κ2) is 8.92. The van der Waals surface area contributed by atoms with Gasteiger partial charge in [-0.15, -0.1) is 0 Å². The minimum absolute atomic E-state index is 0.103. The number of methoxy groups -OCH3 is 1. The van der Waals surface area contributed by atoms with Gasteiger partial charge in [0.15, 0.2) is 0 Å². The monoisotopic (exact) mass is 285 g/mol. The molecule has 6 heteroatoms. The average Bonchev–Trinajstić information content (AvgIpc) is 2.62. The van der Waals surface area contributed by atoms with E-state index in [4.69, 9.17) is 20.9 Å². The Morgan fingerprint density at radius 2 is 2.25 bits per heavy atom. The molecule has 0 saturated carbocycles. The third-order valence-electron chi connectivity index (χ3n) is 3.54. The fourth-order valence-corrected chi connectivity index (χ4v) is 2.44. The Hall–Kier alpha value is -1.14. The van der Waals surface area contributed by atoms with Crippen molar-refractivity contribution in [3.63, 3.8) is 0 Å². The van der Waals surface area contributed by atoms with E-state index in [0.717, 1.165) is 37.9 Å². The zero-order chi connectivity index (χ0) is 15.0. The highest BCUT2D eigenvalue weighted by molar-refractivity contribution is 5.80. The van der Waals surface area contributed by atoms with Gasteiger partial charge >= 0.3 is 5.97 Å². The third-order valence-corrected chi connectivity index (χ3v) is 3.54. The highest BCUT2D eigenvalue weighted by Crippen LogP contribution is 2.19. The van der Waals surface area contributed by atoms with Gasteiger partial charge in [0, 0.05) is 13.5 Å². The number of esters is 1. The van der Waals surface area contributed by atoms with Crippen LogP contribution in [-0.2, 0) is 14.3 Å². The van der Waals surface area contributed by atoms with Crippen LogP contribution >= 0.6 is 0 Å². The summed E-state index contributed by atoms with van der Waals surface area (Å²) in [7, 11) is 1.63. The van der Waals surface area contributed by atoms with Crippen LogP contribution in [0.5, 0.6) is 0 Å². The summed E-state index contributed by atoms with van der Waals surface area (Å²) in [5.74, 6) is 0.343. The molecule has 3 unspecified atom stereocenters. The van der Waals surface area contributed by atoms with Crippen molar-refractivity contribution in [3.05, 3.63) is 0 Å². The van der Waals surface area contributed by atoms with E-state index < -0.39 is 6.04 Å². The molecule has 0 aromatic carbocycles. The summed E-state index contributed by atoms with van der Waals surface area (Å²) in [5, 5.41) is 0. The molecule has 1 rings (SSSR count). The number of amidine groups is 1. The molecule has 1 heterocycles. The molecule has 0 aliphatic carbocycles. The zero-order valence-electron chi connectivity index (χ0n) is 12.5. The number of ether oxygens (including phenoxy) is 2. The Balaban J connectivity index is 2.49. The van der Waals surface area contributed by atoms with Crippen molar-refractivity contribution in [1.29, 1.82) is 0 Å². The summed E-state index contributed by atoms with van der Waals surface area (Å²) in [5.41, 5.74) is 11.7. The van der Waals surface area contributed by atoms with Crippen LogP contribution < -0.4 is 11.5 Å². The van der Waals surface area contributed by atoms with E-state index in [1.807, 2.05) is 0 Å². The summed E-state index contributed by atoms with van der Waals surface area (Å²) in [6.45, 7) is 2.11. The molecule has 116 valence electrons. The fraction of sp³-hybridized carbons (Fsp3) is 0.857. The summed E-state index contributed by atoms with van der Waals surface area (Å²) in [6.07, 6.45) is 5.17. The molecule has 1 aliphatic heterocycles. The van der Waals surface area contributed by atoms with E-state index in [-0.39, 0.29) is 18.1 Å². The molecule has 0 bridgehead atoms. The lowest BCUT2D eigenvalue weighted by Crippen LogP contribution is -2.37. The van der Waals surface area contributed by atoms with Gasteiger partial charge in [0.2, 0.25) is 0 Å². The lowest BCUT2D eigenvalue weighted by atomic mass is 9.99. The fourth-order valence-electron chi connectivity index (χ4n) is 2.44. The van der Waals surface area contributed by atoms with Gasteiger partial charge in [-0.1, -0.05) is 6.42 Å². The minimum Gasteiger partial charge on any atom is -0.465 e.